The molecule has 5 rings (SSSR count). The van der Waals surface area contributed by atoms with E-state index in [2.05, 4.69) is 34.7 Å². The maximum atomic E-state index is 13.2. The Morgan fingerprint density at radius 3 is 2.25 bits per heavy atom. The second kappa shape index (κ2) is 4.48. The van der Waals surface area contributed by atoms with E-state index < -0.39 is 5.54 Å². The maximum absolute atomic E-state index is 13.2. The highest BCUT2D eigenvalue weighted by Gasteiger charge is 2.62. The van der Waals surface area contributed by atoms with Crippen LogP contribution < -0.4 is 0 Å². The van der Waals surface area contributed by atoms with E-state index in [9.17, 15) is 5.21 Å². The van der Waals surface area contributed by atoms with Crippen LogP contribution in [0.1, 0.15) is 51.9 Å². The average molecular weight is 337 g/mol. The van der Waals surface area contributed by atoms with E-state index in [1.165, 1.54) is 37.2 Å². The summed E-state index contributed by atoms with van der Waals surface area (Å²) in [6.07, 6.45) is 8.74. The van der Waals surface area contributed by atoms with Crippen molar-refractivity contribution >= 4 is 15.9 Å². The molecule has 1 heterocycles. The number of hydrogen-bond acceptors (Lipinski definition) is 2. The molecule has 1 unspecified atom stereocenters. The van der Waals surface area contributed by atoms with E-state index in [0.717, 1.165) is 24.7 Å². The summed E-state index contributed by atoms with van der Waals surface area (Å²) in [5.74, 6) is 9.52. The van der Waals surface area contributed by atoms with Gasteiger partial charge in [-0.05, 0) is 75.5 Å². The molecule has 4 bridgehead atoms. The normalized spacial score (nSPS) is 53.4. The molecule has 5 fully saturated rings. The van der Waals surface area contributed by atoms with Crippen LogP contribution >= 0.6 is 15.9 Å². The minimum atomic E-state index is -0.441. The molecule has 1 aliphatic heterocycles. The molecule has 0 aromatic carbocycles. The first-order valence-electron chi connectivity index (χ1n) is 8.12. The smallest absolute Gasteiger partial charge is 0.0689 e. The van der Waals surface area contributed by atoms with Crippen molar-refractivity contribution in [2.75, 3.05) is 5.33 Å². The summed E-state index contributed by atoms with van der Waals surface area (Å²) in [6.45, 7) is 2.06. The van der Waals surface area contributed by atoms with Crippen molar-refractivity contribution in [3.8, 4) is 11.8 Å². The fraction of sp³-hybridized carbons (Fsp3) is 0.882. The van der Waals surface area contributed by atoms with Crippen LogP contribution in [0.2, 0.25) is 0 Å². The molecule has 4 aliphatic carbocycles. The number of hydrogen-bond donors (Lipinski definition) is 0. The van der Waals surface area contributed by atoms with Gasteiger partial charge >= 0.3 is 0 Å². The van der Waals surface area contributed by atoms with E-state index >= 15 is 0 Å². The third-order valence-electron chi connectivity index (χ3n) is 6.82. The summed E-state index contributed by atoms with van der Waals surface area (Å²) in [6, 6.07) is 0. The lowest BCUT2D eigenvalue weighted by molar-refractivity contribution is -0.115. The number of halogens is 1. The van der Waals surface area contributed by atoms with E-state index in [4.69, 9.17) is 0 Å². The lowest BCUT2D eigenvalue weighted by atomic mass is 9.48. The van der Waals surface area contributed by atoms with Gasteiger partial charge < -0.3 is 10.3 Å². The molecule has 1 atom stereocenters. The second-order valence-electron chi connectivity index (χ2n) is 7.80. The van der Waals surface area contributed by atoms with Gasteiger partial charge in [-0.3, -0.25) is 0 Å². The summed E-state index contributed by atoms with van der Waals surface area (Å²) >= 11 is 3.36. The van der Waals surface area contributed by atoms with Crippen molar-refractivity contribution in [2.45, 2.75) is 62.9 Å². The van der Waals surface area contributed by atoms with Crippen molar-refractivity contribution in [3.05, 3.63) is 5.21 Å². The van der Waals surface area contributed by atoms with Gasteiger partial charge in [0.1, 0.15) is 0 Å². The van der Waals surface area contributed by atoms with Crippen molar-refractivity contribution in [2.24, 2.45) is 23.7 Å². The fourth-order valence-corrected chi connectivity index (χ4v) is 6.32. The van der Waals surface area contributed by atoms with Crippen LogP contribution in [0.15, 0.2) is 0 Å². The zero-order valence-corrected chi connectivity index (χ0v) is 13.8. The summed E-state index contributed by atoms with van der Waals surface area (Å²) in [5, 5.41) is 15.4. The summed E-state index contributed by atoms with van der Waals surface area (Å²) in [5.41, 5.74) is -0.494. The monoisotopic (exact) mass is 336 g/mol. The first kappa shape index (κ1) is 13.6. The predicted octanol–water partition coefficient (Wildman–Crippen LogP) is 3.93. The Morgan fingerprint density at radius 1 is 1.10 bits per heavy atom. The Labute approximate surface area is 130 Å². The molecule has 0 aromatic heterocycles. The molecular formula is C17H23BrNO-. The molecule has 110 valence electrons. The SMILES string of the molecule is CC1(C#CCBr)CCC2(C3CC4CC(C3)CC2C4)N1[O-]. The quantitative estimate of drug-likeness (QED) is 0.494. The van der Waals surface area contributed by atoms with Gasteiger partial charge in [0.15, 0.2) is 0 Å². The summed E-state index contributed by atoms with van der Waals surface area (Å²) in [7, 11) is 0. The molecule has 4 saturated carbocycles. The number of alkyl halides is 1. The zero-order chi connectivity index (χ0) is 14.0. The van der Waals surface area contributed by atoms with Crippen LogP contribution in [0.5, 0.6) is 0 Å². The maximum Gasteiger partial charge on any atom is 0.0689 e. The van der Waals surface area contributed by atoms with Gasteiger partial charge in [0, 0.05) is 5.54 Å². The van der Waals surface area contributed by atoms with Crippen LogP contribution in [0.4, 0.5) is 0 Å². The van der Waals surface area contributed by atoms with Gasteiger partial charge in [0.25, 0.3) is 0 Å². The van der Waals surface area contributed by atoms with Crippen LogP contribution in [0, 0.1) is 40.7 Å². The largest absolute Gasteiger partial charge is 0.784 e. The van der Waals surface area contributed by atoms with Crippen LogP contribution in [0.3, 0.4) is 0 Å². The van der Waals surface area contributed by atoms with Crippen LogP contribution in [-0.4, -0.2) is 21.5 Å². The lowest BCUT2D eigenvalue weighted by Gasteiger charge is -2.66. The van der Waals surface area contributed by atoms with Gasteiger partial charge in [-0.25, -0.2) is 0 Å². The van der Waals surface area contributed by atoms with Crippen molar-refractivity contribution in [1.82, 2.24) is 5.06 Å². The van der Waals surface area contributed by atoms with Gasteiger partial charge in [-0.1, -0.05) is 27.8 Å². The summed E-state index contributed by atoms with van der Waals surface area (Å²) in [4.78, 5) is 0. The van der Waals surface area contributed by atoms with E-state index in [-0.39, 0.29) is 5.54 Å². The van der Waals surface area contributed by atoms with Gasteiger partial charge in [0.2, 0.25) is 0 Å². The highest BCUT2D eigenvalue weighted by molar-refractivity contribution is 9.09. The van der Waals surface area contributed by atoms with E-state index in [1.807, 2.05) is 0 Å². The number of hydroxylamine groups is 2. The minimum absolute atomic E-state index is 0.0524. The van der Waals surface area contributed by atoms with E-state index in [1.54, 1.807) is 0 Å². The fourth-order valence-electron chi connectivity index (χ4n) is 6.18. The van der Waals surface area contributed by atoms with Crippen molar-refractivity contribution in [3.63, 3.8) is 0 Å². The predicted molar refractivity (Wildman–Crippen MR) is 84.2 cm³/mol. The zero-order valence-electron chi connectivity index (χ0n) is 12.2. The van der Waals surface area contributed by atoms with Gasteiger partial charge in [0.05, 0.1) is 10.9 Å². The first-order valence-corrected chi connectivity index (χ1v) is 9.24. The Balaban J connectivity index is 1.69. The highest BCUT2D eigenvalue weighted by Crippen LogP contribution is 2.64. The topological polar surface area (TPSA) is 26.3 Å². The van der Waals surface area contributed by atoms with Gasteiger partial charge in [-0.15, -0.1) is 0 Å². The second-order valence-corrected chi connectivity index (χ2v) is 8.36. The Morgan fingerprint density at radius 2 is 1.70 bits per heavy atom. The molecule has 0 radical (unpaired) electrons. The van der Waals surface area contributed by atoms with Crippen LogP contribution in [0.25, 0.3) is 0 Å². The molecule has 2 nitrogen and oxygen atoms in total. The van der Waals surface area contributed by atoms with Crippen LogP contribution in [-0.2, 0) is 0 Å². The molecule has 0 amide bonds. The Bertz CT molecular complexity index is 451. The standard InChI is InChI=1S/C17H23BrNO/c1-16(3-2-6-18)4-5-17(19(16)20)14-8-12-7-13(10-14)11-15(17)9-12/h12-15H,4-11H2,1H3/q-1. The minimum Gasteiger partial charge on any atom is -0.784 e. The Hall–Kier alpha value is -0.0400. The molecule has 1 spiro atoms. The third-order valence-corrected chi connectivity index (χ3v) is 7.10. The first-order chi connectivity index (χ1) is 9.58. The molecule has 3 heteroatoms. The number of rotatable bonds is 0. The number of nitrogens with zero attached hydrogens (tertiary/aromatic N) is 1. The van der Waals surface area contributed by atoms with Crippen molar-refractivity contribution in [1.29, 1.82) is 0 Å². The third kappa shape index (κ3) is 1.65. The molecule has 5 aliphatic rings. The molecule has 20 heavy (non-hydrogen) atoms. The lowest BCUT2D eigenvalue weighted by Crippen LogP contribution is -2.64. The molecule has 1 saturated heterocycles. The molecular weight excluding hydrogens is 314 g/mol. The van der Waals surface area contributed by atoms with Gasteiger partial charge in [-0.2, -0.15) is 0 Å². The molecule has 0 N–H and O–H groups in total. The Kier molecular flexibility index (Phi) is 3.05. The molecule has 0 aromatic rings. The average Bonchev–Trinajstić information content (AvgIpc) is 2.68. The summed E-state index contributed by atoms with van der Waals surface area (Å²) < 4.78 is 0. The van der Waals surface area contributed by atoms with E-state index in [0.29, 0.717) is 17.2 Å². The highest BCUT2D eigenvalue weighted by atomic mass is 79.9. The van der Waals surface area contributed by atoms with Crippen molar-refractivity contribution < 1.29 is 0 Å².